The van der Waals surface area contributed by atoms with E-state index >= 15 is 0 Å². The molecule has 6 nitrogen and oxygen atoms in total. The van der Waals surface area contributed by atoms with Crippen molar-refractivity contribution in [1.29, 1.82) is 0 Å². The number of hydrogen-bond acceptors (Lipinski definition) is 4. The summed E-state index contributed by atoms with van der Waals surface area (Å²) in [5.41, 5.74) is 3.79. The molecule has 0 N–H and O–H groups in total. The lowest BCUT2D eigenvalue weighted by atomic mass is 9.98. The highest BCUT2D eigenvalue weighted by molar-refractivity contribution is 5.95. The minimum atomic E-state index is -0.0696. The highest BCUT2D eigenvalue weighted by Gasteiger charge is 2.37. The van der Waals surface area contributed by atoms with Crippen LogP contribution in [0, 0.1) is 0 Å². The van der Waals surface area contributed by atoms with Gasteiger partial charge in [-0.1, -0.05) is 30.3 Å². The first-order chi connectivity index (χ1) is 12.5. The van der Waals surface area contributed by atoms with Crippen molar-refractivity contribution in [3.63, 3.8) is 0 Å². The van der Waals surface area contributed by atoms with Crippen LogP contribution in [0.5, 0.6) is 0 Å². The van der Waals surface area contributed by atoms with E-state index in [1.807, 2.05) is 56.1 Å². The third kappa shape index (κ3) is 3.15. The molecule has 1 aromatic heterocycles. The van der Waals surface area contributed by atoms with Gasteiger partial charge in [0, 0.05) is 32.1 Å². The maximum atomic E-state index is 13.0. The van der Waals surface area contributed by atoms with Gasteiger partial charge in [-0.15, -0.1) is 0 Å². The number of ether oxygens (including phenoxy) is 2. The summed E-state index contributed by atoms with van der Waals surface area (Å²) >= 11 is 0. The molecule has 2 atom stereocenters. The SMILES string of the molecule is C[C@@H]1Cc2c(nn(C)c2C(=O)N2CC(OCc3ccccc3)C2)[C@H](C)O1. The molecule has 138 valence electrons. The second-order valence-corrected chi connectivity index (χ2v) is 7.26. The van der Waals surface area contributed by atoms with Crippen LogP contribution in [-0.4, -0.2) is 45.9 Å². The van der Waals surface area contributed by atoms with Gasteiger partial charge in [0.05, 0.1) is 30.6 Å². The Labute approximate surface area is 153 Å². The zero-order chi connectivity index (χ0) is 18.3. The summed E-state index contributed by atoms with van der Waals surface area (Å²) in [5.74, 6) is 0.0436. The van der Waals surface area contributed by atoms with E-state index in [0.717, 1.165) is 23.2 Å². The molecule has 1 amide bonds. The van der Waals surface area contributed by atoms with Gasteiger partial charge in [-0.05, 0) is 19.4 Å². The maximum absolute atomic E-state index is 13.0. The molecule has 26 heavy (non-hydrogen) atoms. The number of carbonyl (C=O) groups excluding carboxylic acids is 1. The number of benzene rings is 1. The van der Waals surface area contributed by atoms with E-state index < -0.39 is 0 Å². The van der Waals surface area contributed by atoms with Crippen LogP contribution in [0.15, 0.2) is 30.3 Å². The summed E-state index contributed by atoms with van der Waals surface area (Å²) in [6.07, 6.45) is 0.868. The highest BCUT2D eigenvalue weighted by Crippen LogP contribution is 2.32. The van der Waals surface area contributed by atoms with Gasteiger partial charge >= 0.3 is 0 Å². The van der Waals surface area contributed by atoms with Gasteiger partial charge in [0.25, 0.3) is 5.91 Å². The standard InChI is InChI=1S/C20H25N3O3/c1-13-9-17-18(14(2)26-13)21-22(3)19(17)20(24)23-10-16(11-23)25-12-15-7-5-4-6-8-15/h4-8,13-14,16H,9-12H2,1-3H3/t13-,14+/m1/s1. The summed E-state index contributed by atoms with van der Waals surface area (Å²) < 4.78 is 13.4. The molecular formula is C20H25N3O3. The smallest absolute Gasteiger partial charge is 0.272 e. The third-order valence-electron chi connectivity index (χ3n) is 5.16. The number of aromatic nitrogens is 2. The second-order valence-electron chi connectivity index (χ2n) is 7.26. The number of hydrogen-bond donors (Lipinski definition) is 0. The van der Waals surface area contributed by atoms with Crippen LogP contribution in [0.4, 0.5) is 0 Å². The molecule has 6 heteroatoms. The van der Waals surface area contributed by atoms with Gasteiger partial charge in [0.2, 0.25) is 0 Å². The van der Waals surface area contributed by atoms with Gasteiger partial charge in [-0.2, -0.15) is 5.10 Å². The minimum Gasteiger partial charge on any atom is -0.370 e. The summed E-state index contributed by atoms with van der Waals surface area (Å²) in [5, 5.41) is 4.54. The molecule has 0 aliphatic carbocycles. The fraction of sp³-hybridized carbons (Fsp3) is 0.500. The number of rotatable bonds is 4. The lowest BCUT2D eigenvalue weighted by Crippen LogP contribution is -2.55. The van der Waals surface area contributed by atoms with E-state index in [1.165, 1.54) is 0 Å². The molecule has 2 aliphatic heterocycles. The maximum Gasteiger partial charge on any atom is 0.272 e. The fourth-order valence-corrected chi connectivity index (χ4v) is 3.78. The monoisotopic (exact) mass is 355 g/mol. The van der Waals surface area contributed by atoms with Crippen LogP contribution >= 0.6 is 0 Å². The van der Waals surface area contributed by atoms with Crippen LogP contribution in [0.3, 0.4) is 0 Å². The number of aryl methyl sites for hydroxylation is 1. The van der Waals surface area contributed by atoms with E-state index in [-0.39, 0.29) is 24.2 Å². The van der Waals surface area contributed by atoms with Crippen molar-refractivity contribution in [2.45, 2.75) is 45.2 Å². The Morgan fingerprint density at radius 2 is 2.00 bits per heavy atom. The van der Waals surface area contributed by atoms with Crippen molar-refractivity contribution in [3.8, 4) is 0 Å². The summed E-state index contributed by atoms with van der Waals surface area (Å²) in [6, 6.07) is 10.1. The van der Waals surface area contributed by atoms with Crippen LogP contribution in [0.1, 0.15) is 47.3 Å². The molecule has 0 bridgehead atoms. The number of fused-ring (bicyclic) bond motifs is 1. The number of nitrogens with zero attached hydrogens (tertiary/aromatic N) is 3. The molecule has 2 aliphatic rings. The van der Waals surface area contributed by atoms with Gasteiger partial charge in [-0.3, -0.25) is 9.48 Å². The molecular weight excluding hydrogens is 330 g/mol. The molecule has 0 radical (unpaired) electrons. The summed E-state index contributed by atoms with van der Waals surface area (Å²) in [4.78, 5) is 14.8. The Hall–Kier alpha value is -2.18. The van der Waals surface area contributed by atoms with E-state index in [9.17, 15) is 4.79 Å². The number of likely N-dealkylation sites (tertiary alicyclic amines) is 1. The second kappa shape index (κ2) is 6.85. The predicted octanol–water partition coefficient (Wildman–Crippen LogP) is 2.48. The van der Waals surface area contributed by atoms with Gasteiger partial charge < -0.3 is 14.4 Å². The Kier molecular flexibility index (Phi) is 4.54. The van der Waals surface area contributed by atoms with E-state index in [2.05, 4.69) is 5.10 Å². The first kappa shape index (κ1) is 17.2. The Morgan fingerprint density at radius 1 is 1.27 bits per heavy atom. The third-order valence-corrected chi connectivity index (χ3v) is 5.16. The van der Waals surface area contributed by atoms with E-state index in [4.69, 9.17) is 9.47 Å². The quantitative estimate of drug-likeness (QED) is 0.845. The van der Waals surface area contributed by atoms with Crippen molar-refractivity contribution >= 4 is 5.91 Å². The average Bonchev–Trinajstić information content (AvgIpc) is 2.90. The van der Waals surface area contributed by atoms with Crippen molar-refractivity contribution in [3.05, 3.63) is 52.8 Å². The first-order valence-electron chi connectivity index (χ1n) is 9.19. The van der Waals surface area contributed by atoms with Gasteiger partial charge in [-0.25, -0.2) is 0 Å². The zero-order valence-electron chi connectivity index (χ0n) is 15.5. The van der Waals surface area contributed by atoms with Crippen molar-refractivity contribution in [1.82, 2.24) is 14.7 Å². The zero-order valence-corrected chi connectivity index (χ0v) is 15.5. The van der Waals surface area contributed by atoms with E-state index in [0.29, 0.717) is 25.4 Å². The molecule has 3 heterocycles. The lowest BCUT2D eigenvalue weighted by molar-refractivity contribution is -0.0507. The highest BCUT2D eigenvalue weighted by atomic mass is 16.5. The number of carbonyl (C=O) groups is 1. The van der Waals surface area contributed by atoms with Crippen molar-refractivity contribution < 1.29 is 14.3 Å². The van der Waals surface area contributed by atoms with Crippen LogP contribution in [-0.2, 0) is 29.5 Å². The topological polar surface area (TPSA) is 56.6 Å². The van der Waals surface area contributed by atoms with Crippen LogP contribution in [0.25, 0.3) is 0 Å². The summed E-state index contributed by atoms with van der Waals surface area (Å²) in [6.45, 7) is 5.88. The van der Waals surface area contributed by atoms with Gasteiger partial charge in [0.1, 0.15) is 5.69 Å². The van der Waals surface area contributed by atoms with Crippen molar-refractivity contribution in [2.75, 3.05) is 13.1 Å². The largest absolute Gasteiger partial charge is 0.370 e. The first-order valence-corrected chi connectivity index (χ1v) is 9.19. The molecule has 0 spiro atoms. The number of amides is 1. The molecule has 4 rings (SSSR count). The molecule has 2 aromatic rings. The molecule has 1 aromatic carbocycles. The van der Waals surface area contributed by atoms with E-state index in [1.54, 1.807) is 4.68 Å². The Morgan fingerprint density at radius 3 is 2.73 bits per heavy atom. The lowest BCUT2D eigenvalue weighted by Gasteiger charge is -2.39. The minimum absolute atomic E-state index is 0.0436. The molecule has 1 fully saturated rings. The van der Waals surface area contributed by atoms with Gasteiger partial charge in [0.15, 0.2) is 0 Å². The predicted molar refractivity (Wildman–Crippen MR) is 96.8 cm³/mol. The average molecular weight is 355 g/mol. The van der Waals surface area contributed by atoms with Crippen LogP contribution < -0.4 is 0 Å². The molecule has 1 saturated heterocycles. The molecule has 0 unspecified atom stereocenters. The normalized spacial score (nSPS) is 22.8. The Balaban J connectivity index is 1.39. The van der Waals surface area contributed by atoms with Crippen LogP contribution in [0.2, 0.25) is 0 Å². The fourth-order valence-electron chi connectivity index (χ4n) is 3.78. The Bertz CT molecular complexity index is 796. The molecule has 0 saturated carbocycles. The van der Waals surface area contributed by atoms with Crippen molar-refractivity contribution in [2.24, 2.45) is 7.05 Å². The summed E-state index contributed by atoms with van der Waals surface area (Å²) in [7, 11) is 1.84.